The van der Waals surface area contributed by atoms with Crippen molar-refractivity contribution in [2.45, 2.75) is 70.8 Å². The van der Waals surface area contributed by atoms with Gasteiger partial charge < -0.3 is 10.2 Å². The van der Waals surface area contributed by atoms with Crippen molar-refractivity contribution in [3.63, 3.8) is 0 Å². The molecule has 31 heavy (non-hydrogen) atoms. The van der Waals surface area contributed by atoms with Crippen LogP contribution in [0.1, 0.15) is 63.9 Å². The molecule has 1 aliphatic carbocycles. The van der Waals surface area contributed by atoms with Gasteiger partial charge in [-0.15, -0.1) is 12.4 Å². The van der Waals surface area contributed by atoms with Crippen LogP contribution < -0.4 is 10.2 Å². The smallest absolute Gasteiger partial charge is 0.220 e. The normalized spacial score (nSPS) is 21.7. The van der Waals surface area contributed by atoms with E-state index in [1.54, 1.807) is 0 Å². The van der Waals surface area contributed by atoms with Crippen molar-refractivity contribution in [2.24, 2.45) is 5.92 Å². The van der Waals surface area contributed by atoms with Crippen LogP contribution in [0.5, 0.6) is 0 Å². The van der Waals surface area contributed by atoms with E-state index in [2.05, 4.69) is 52.4 Å². The Morgan fingerprint density at radius 2 is 1.90 bits per heavy atom. The summed E-state index contributed by atoms with van der Waals surface area (Å²) in [5.74, 6) is 0.923. The number of unbranched alkanes of at least 4 members (excludes halogenated alkanes) is 1. The molecule has 6 heteroatoms. The lowest BCUT2D eigenvalue weighted by Gasteiger charge is -2.37. The predicted octanol–water partition coefficient (Wildman–Crippen LogP) is 4.55. The number of aryl methyl sites for hydroxylation is 1. The highest BCUT2D eigenvalue weighted by atomic mass is 35.5. The Balaban J connectivity index is 0.00000341. The second-order valence-corrected chi connectivity index (χ2v) is 8.94. The van der Waals surface area contributed by atoms with Gasteiger partial charge in [0, 0.05) is 50.7 Å². The molecule has 0 unspecified atom stereocenters. The van der Waals surface area contributed by atoms with Gasteiger partial charge in [-0.1, -0.05) is 19.1 Å². The molecule has 0 atom stereocenters. The van der Waals surface area contributed by atoms with E-state index in [0.717, 1.165) is 51.4 Å². The van der Waals surface area contributed by atoms with Crippen LogP contribution >= 0.6 is 12.4 Å². The third kappa shape index (κ3) is 8.35. The Morgan fingerprint density at radius 3 is 2.58 bits per heavy atom. The molecular formula is C25H39ClN4O. The van der Waals surface area contributed by atoms with Crippen molar-refractivity contribution in [3.05, 3.63) is 29.8 Å². The molecule has 0 aromatic heterocycles. The quantitative estimate of drug-likeness (QED) is 0.565. The second kappa shape index (κ2) is 13.6. The summed E-state index contributed by atoms with van der Waals surface area (Å²) >= 11 is 0. The van der Waals surface area contributed by atoms with Crippen LogP contribution in [0.2, 0.25) is 0 Å². The molecule has 5 nitrogen and oxygen atoms in total. The van der Waals surface area contributed by atoms with Crippen LogP contribution in [0.3, 0.4) is 0 Å². The molecule has 1 saturated carbocycles. The van der Waals surface area contributed by atoms with E-state index in [1.165, 1.54) is 37.1 Å². The first-order valence-electron chi connectivity index (χ1n) is 11.9. The number of anilines is 1. The van der Waals surface area contributed by atoms with Gasteiger partial charge in [-0.25, -0.2) is 0 Å². The fourth-order valence-electron chi connectivity index (χ4n) is 4.79. The van der Waals surface area contributed by atoms with E-state index in [4.69, 9.17) is 5.26 Å². The average Bonchev–Trinajstić information content (AvgIpc) is 2.79. The molecule has 2 fully saturated rings. The van der Waals surface area contributed by atoms with Crippen LogP contribution in [0, 0.1) is 17.2 Å². The van der Waals surface area contributed by atoms with Gasteiger partial charge >= 0.3 is 0 Å². The van der Waals surface area contributed by atoms with Crippen LogP contribution in [0.15, 0.2) is 24.3 Å². The summed E-state index contributed by atoms with van der Waals surface area (Å²) in [5.41, 5.74) is 2.80. The minimum atomic E-state index is 0. The molecule has 1 heterocycles. The van der Waals surface area contributed by atoms with Gasteiger partial charge in [0.15, 0.2) is 0 Å². The molecule has 1 N–H and O–H groups in total. The van der Waals surface area contributed by atoms with Crippen molar-refractivity contribution >= 4 is 24.0 Å². The number of nitrogens with one attached hydrogen (secondary N) is 1. The molecule has 0 radical (unpaired) electrons. The van der Waals surface area contributed by atoms with Crippen LogP contribution in [-0.4, -0.2) is 49.6 Å². The SMILES string of the molecule is CCc1cccc(N2CCN(CCC3CCC(NC(=O)CCCC#N)CC3)CC2)c1.Cl. The first-order chi connectivity index (χ1) is 14.7. The third-order valence-corrected chi connectivity index (χ3v) is 6.81. The zero-order chi connectivity index (χ0) is 21.2. The molecule has 1 aromatic rings. The number of halogens is 1. The minimum absolute atomic E-state index is 0. The van der Waals surface area contributed by atoms with Gasteiger partial charge in [0.2, 0.25) is 5.91 Å². The van der Waals surface area contributed by atoms with Gasteiger partial charge in [0.25, 0.3) is 0 Å². The molecule has 1 saturated heterocycles. The van der Waals surface area contributed by atoms with E-state index in [9.17, 15) is 4.79 Å². The van der Waals surface area contributed by atoms with Crippen LogP contribution in [0.25, 0.3) is 0 Å². The number of carbonyl (C=O) groups excluding carboxylic acids is 1. The maximum absolute atomic E-state index is 11.9. The summed E-state index contributed by atoms with van der Waals surface area (Å²) in [6, 6.07) is 11.4. The van der Waals surface area contributed by atoms with E-state index in [0.29, 0.717) is 25.3 Å². The van der Waals surface area contributed by atoms with E-state index >= 15 is 0 Å². The number of amides is 1. The predicted molar refractivity (Wildman–Crippen MR) is 130 cm³/mol. The summed E-state index contributed by atoms with van der Waals surface area (Å²) in [5, 5.41) is 11.7. The summed E-state index contributed by atoms with van der Waals surface area (Å²) in [4.78, 5) is 17.1. The number of nitrogens with zero attached hydrogens (tertiary/aromatic N) is 3. The Kier molecular flexibility index (Phi) is 11.2. The molecule has 1 aliphatic heterocycles. The van der Waals surface area contributed by atoms with E-state index < -0.39 is 0 Å². The lowest BCUT2D eigenvalue weighted by atomic mass is 9.84. The lowest BCUT2D eigenvalue weighted by Crippen LogP contribution is -2.47. The van der Waals surface area contributed by atoms with Crippen LogP contribution in [0.4, 0.5) is 5.69 Å². The van der Waals surface area contributed by atoms with E-state index in [1.807, 2.05) is 0 Å². The van der Waals surface area contributed by atoms with Gasteiger partial charge in [-0.3, -0.25) is 9.69 Å². The van der Waals surface area contributed by atoms with Crippen molar-refractivity contribution in [3.8, 4) is 6.07 Å². The Morgan fingerprint density at radius 1 is 1.16 bits per heavy atom. The van der Waals surface area contributed by atoms with Gasteiger partial charge in [-0.2, -0.15) is 5.26 Å². The van der Waals surface area contributed by atoms with Crippen molar-refractivity contribution in [2.75, 3.05) is 37.6 Å². The highest BCUT2D eigenvalue weighted by molar-refractivity contribution is 5.85. The number of carbonyl (C=O) groups is 1. The van der Waals surface area contributed by atoms with Gasteiger partial charge in [0.1, 0.15) is 0 Å². The van der Waals surface area contributed by atoms with E-state index in [-0.39, 0.29) is 18.3 Å². The zero-order valence-corrected chi connectivity index (χ0v) is 19.8. The molecule has 2 aliphatic rings. The van der Waals surface area contributed by atoms with Crippen LogP contribution in [-0.2, 0) is 11.2 Å². The molecule has 3 rings (SSSR count). The van der Waals surface area contributed by atoms with Crippen molar-refractivity contribution in [1.82, 2.24) is 10.2 Å². The maximum atomic E-state index is 11.9. The minimum Gasteiger partial charge on any atom is -0.369 e. The highest BCUT2D eigenvalue weighted by Gasteiger charge is 2.24. The zero-order valence-electron chi connectivity index (χ0n) is 19.0. The number of rotatable bonds is 9. The monoisotopic (exact) mass is 446 g/mol. The largest absolute Gasteiger partial charge is 0.369 e. The standard InChI is InChI=1S/C25H38N4O.ClH/c1-2-21-6-5-7-24(20-21)29-18-16-28(17-19-29)15-13-22-9-11-23(12-10-22)27-25(30)8-3-4-14-26;/h5-7,20,22-23H,2-4,8-13,15-19H2,1H3,(H,27,30);1H. The number of hydrogen-bond donors (Lipinski definition) is 1. The van der Waals surface area contributed by atoms with Crippen molar-refractivity contribution < 1.29 is 4.79 Å². The fraction of sp³-hybridized carbons (Fsp3) is 0.680. The summed E-state index contributed by atoms with van der Waals surface area (Å²) in [7, 11) is 0. The summed E-state index contributed by atoms with van der Waals surface area (Å²) in [6.07, 6.45) is 8.69. The number of benzene rings is 1. The topological polar surface area (TPSA) is 59.4 Å². The number of nitriles is 1. The molecule has 1 amide bonds. The highest BCUT2D eigenvalue weighted by Crippen LogP contribution is 2.27. The molecule has 0 spiro atoms. The molecule has 1 aromatic carbocycles. The number of hydrogen-bond acceptors (Lipinski definition) is 4. The summed E-state index contributed by atoms with van der Waals surface area (Å²) in [6.45, 7) is 7.98. The number of piperazine rings is 1. The Bertz CT molecular complexity index is 704. The molecule has 0 bridgehead atoms. The van der Waals surface area contributed by atoms with Gasteiger partial charge in [-0.05, 0) is 75.1 Å². The van der Waals surface area contributed by atoms with Crippen molar-refractivity contribution in [1.29, 1.82) is 5.26 Å². The average molecular weight is 447 g/mol. The fourth-order valence-corrected chi connectivity index (χ4v) is 4.79. The molecule has 172 valence electrons. The first kappa shape index (κ1) is 25.5. The molecular weight excluding hydrogens is 408 g/mol. The maximum Gasteiger partial charge on any atom is 0.220 e. The third-order valence-electron chi connectivity index (χ3n) is 6.81. The summed E-state index contributed by atoms with van der Waals surface area (Å²) < 4.78 is 0. The Hall–Kier alpha value is -1.77. The lowest BCUT2D eigenvalue weighted by molar-refractivity contribution is -0.122. The second-order valence-electron chi connectivity index (χ2n) is 8.94. The first-order valence-corrected chi connectivity index (χ1v) is 11.9. The van der Waals surface area contributed by atoms with Gasteiger partial charge in [0.05, 0.1) is 6.07 Å². The Labute approximate surface area is 194 Å².